The number of nitrogen functional groups attached to an aromatic ring is 1. The largest absolute Gasteiger partial charge is 0.383 e. The van der Waals surface area contributed by atoms with Crippen molar-refractivity contribution < 1.29 is 0 Å². The molecule has 1 aliphatic rings. The summed E-state index contributed by atoms with van der Waals surface area (Å²) < 4.78 is 0. The highest BCUT2D eigenvalue weighted by Gasteiger charge is 2.23. The number of nitrogens with zero attached hydrogens (tertiary/aromatic N) is 3. The molecule has 5 heteroatoms. The molecule has 2 N–H and O–H groups in total. The molecule has 1 aromatic rings. The Bertz CT molecular complexity index is 422. The molecule has 0 aliphatic carbocycles. The van der Waals surface area contributed by atoms with Gasteiger partial charge in [-0.3, -0.25) is 0 Å². The number of hydrogen-bond donors (Lipinski definition) is 1. The van der Waals surface area contributed by atoms with Gasteiger partial charge in [-0.05, 0) is 20.3 Å². The predicted molar refractivity (Wildman–Crippen MR) is 79.3 cm³/mol. The fraction of sp³-hybridized carbons (Fsp3) is 0.692. The molecule has 2 heterocycles. The Hall–Kier alpha value is -0.970. The molecule has 0 saturated carbocycles. The zero-order valence-corrected chi connectivity index (χ0v) is 12.3. The molecule has 0 radical (unpaired) electrons. The van der Waals surface area contributed by atoms with Gasteiger partial charge < -0.3 is 10.6 Å². The van der Waals surface area contributed by atoms with E-state index in [-0.39, 0.29) is 0 Å². The Kier molecular flexibility index (Phi) is 4.32. The van der Waals surface area contributed by atoms with E-state index in [1.54, 1.807) is 0 Å². The molecular weight excluding hydrogens is 244 g/mol. The van der Waals surface area contributed by atoms with E-state index in [4.69, 9.17) is 10.7 Å². The zero-order valence-electron chi connectivity index (χ0n) is 11.4. The monoisotopic (exact) mass is 266 g/mol. The Balaban J connectivity index is 2.35. The fourth-order valence-electron chi connectivity index (χ4n) is 2.23. The van der Waals surface area contributed by atoms with Crippen LogP contribution in [-0.2, 0) is 6.42 Å². The lowest BCUT2D eigenvalue weighted by atomic mass is 10.2. The van der Waals surface area contributed by atoms with Crippen LogP contribution in [0, 0.1) is 6.92 Å². The number of anilines is 2. The van der Waals surface area contributed by atoms with Crippen molar-refractivity contribution in [3.05, 3.63) is 11.4 Å². The van der Waals surface area contributed by atoms with Crippen LogP contribution in [0.1, 0.15) is 31.7 Å². The van der Waals surface area contributed by atoms with E-state index in [0.717, 1.165) is 48.1 Å². The van der Waals surface area contributed by atoms with Gasteiger partial charge in [0.2, 0.25) is 0 Å². The highest BCUT2D eigenvalue weighted by atomic mass is 32.2. The number of nitrogens with two attached hydrogens (primary N) is 1. The summed E-state index contributed by atoms with van der Waals surface area (Å²) in [6, 6.07) is 0.520. The number of rotatable bonds is 3. The van der Waals surface area contributed by atoms with Gasteiger partial charge in [-0.15, -0.1) is 0 Å². The Labute approximate surface area is 113 Å². The van der Waals surface area contributed by atoms with Crippen molar-refractivity contribution in [3.63, 3.8) is 0 Å². The minimum absolute atomic E-state index is 0.520. The molecule has 1 unspecified atom stereocenters. The number of thioether (sulfide) groups is 1. The Morgan fingerprint density at radius 2 is 2.22 bits per heavy atom. The van der Waals surface area contributed by atoms with Crippen molar-refractivity contribution in [3.8, 4) is 0 Å². The third-order valence-electron chi connectivity index (χ3n) is 3.32. The zero-order chi connectivity index (χ0) is 13.1. The van der Waals surface area contributed by atoms with Gasteiger partial charge in [0.15, 0.2) is 0 Å². The summed E-state index contributed by atoms with van der Waals surface area (Å²) in [5, 5.41) is 0. The molecule has 1 aromatic heterocycles. The van der Waals surface area contributed by atoms with Crippen molar-refractivity contribution in [2.45, 2.75) is 39.7 Å². The molecule has 1 fully saturated rings. The van der Waals surface area contributed by atoms with Gasteiger partial charge in [-0.1, -0.05) is 6.92 Å². The molecule has 1 atom stereocenters. The molecular formula is C13H22N4S. The van der Waals surface area contributed by atoms with Gasteiger partial charge in [-0.25, -0.2) is 9.97 Å². The van der Waals surface area contributed by atoms with Gasteiger partial charge >= 0.3 is 0 Å². The molecule has 100 valence electrons. The van der Waals surface area contributed by atoms with Crippen LogP contribution in [0.15, 0.2) is 0 Å². The second-order valence-corrected chi connectivity index (χ2v) is 5.99. The molecule has 4 nitrogen and oxygen atoms in total. The average Bonchev–Trinajstić information content (AvgIpc) is 2.35. The summed E-state index contributed by atoms with van der Waals surface area (Å²) in [5.41, 5.74) is 7.04. The lowest BCUT2D eigenvalue weighted by Crippen LogP contribution is -2.41. The van der Waals surface area contributed by atoms with E-state index in [0.29, 0.717) is 11.9 Å². The molecule has 1 saturated heterocycles. The van der Waals surface area contributed by atoms with E-state index in [1.165, 1.54) is 0 Å². The van der Waals surface area contributed by atoms with E-state index in [1.807, 2.05) is 18.7 Å². The summed E-state index contributed by atoms with van der Waals surface area (Å²) >= 11 is 2.01. The normalized spacial score (nSPS) is 20.2. The van der Waals surface area contributed by atoms with Crippen LogP contribution in [0.2, 0.25) is 0 Å². The van der Waals surface area contributed by atoms with E-state index >= 15 is 0 Å². The molecule has 0 spiro atoms. The van der Waals surface area contributed by atoms with Crippen molar-refractivity contribution in [2.24, 2.45) is 0 Å². The fourth-order valence-corrected chi connectivity index (χ4v) is 3.24. The molecule has 2 rings (SSSR count). The number of aromatic nitrogens is 2. The summed E-state index contributed by atoms with van der Waals surface area (Å²) in [5.74, 6) is 4.87. The standard InChI is InChI=1S/C13H22N4S/c1-4-5-11-15-12(14)10(3)13(16-11)17-6-7-18-8-9(17)2/h9H,4-8H2,1-3H3,(H2,14,15,16). The maximum absolute atomic E-state index is 6.02. The van der Waals surface area contributed by atoms with Crippen molar-refractivity contribution in [1.82, 2.24) is 9.97 Å². The summed E-state index contributed by atoms with van der Waals surface area (Å²) in [6.07, 6.45) is 1.95. The van der Waals surface area contributed by atoms with Crippen LogP contribution in [0.3, 0.4) is 0 Å². The average molecular weight is 266 g/mol. The van der Waals surface area contributed by atoms with Crippen LogP contribution < -0.4 is 10.6 Å². The first-order valence-corrected chi connectivity index (χ1v) is 7.76. The third-order valence-corrected chi connectivity index (χ3v) is 4.51. The molecule has 0 aromatic carbocycles. The summed E-state index contributed by atoms with van der Waals surface area (Å²) in [7, 11) is 0. The van der Waals surface area contributed by atoms with E-state index < -0.39 is 0 Å². The minimum atomic E-state index is 0.520. The third kappa shape index (κ3) is 2.71. The highest BCUT2D eigenvalue weighted by Crippen LogP contribution is 2.27. The summed E-state index contributed by atoms with van der Waals surface area (Å²) in [4.78, 5) is 11.5. The lowest BCUT2D eigenvalue weighted by molar-refractivity contribution is 0.680. The molecule has 1 aliphatic heterocycles. The van der Waals surface area contributed by atoms with Gasteiger partial charge in [-0.2, -0.15) is 11.8 Å². The minimum Gasteiger partial charge on any atom is -0.383 e. The topological polar surface area (TPSA) is 55.0 Å². The van der Waals surface area contributed by atoms with Crippen molar-refractivity contribution in [1.29, 1.82) is 0 Å². The van der Waals surface area contributed by atoms with Crippen LogP contribution in [-0.4, -0.2) is 34.1 Å². The Morgan fingerprint density at radius 1 is 1.44 bits per heavy atom. The van der Waals surface area contributed by atoms with Gasteiger partial charge in [0.25, 0.3) is 0 Å². The van der Waals surface area contributed by atoms with Gasteiger partial charge in [0, 0.05) is 36.1 Å². The van der Waals surface area contributed by atoms with E-state index in [2.05, 4.69) is 23.7 Å². The predicted octanol–water partition coefficient (Wildman–Crippen LogP) is 2.26. The first kappa shape index (κ1) is 13.5. The number of hydrogen-bond acceptors (Lipinski definition) is 5. The van der Waals surface area contributed by atoms with Crippen LogP contribution >= 0.6 is 11.8 Å². The maximum atomic E-state index is 6.02. The van der Waals surface area contributed by atoms with Crippen LogP contribution in [0.4, 0.5) is 11.6 Å². The summed E-state index contributed by atoms with van der Waals surface area (Å²) in [6.45, 7) is 7.46. The lowest BCUT2D eigenvalue weighted by Gasteiger charge is -2.35. The Morgan fingerprint density at radius 3 is 2.89 bits per heavy atom. The highest BCUT2D eigenvalue weighted by molar-refractivity contribution is 7.99. The second kappa shape index (κ2) is 5.78. The van der Waals surface area contributed by atoms with Crippen molar-refractivity contribution in [2.75, 3.05) is 28.7 Å². The molecule has 0 amide bonds. The maximum Gasteiger partial charge on any atom is 0.137 e. The van der Waals surface area contributed by atoms with Crippen molar-refractivity contribution >= 4 is 23.4 Å². The van der Waals surface area contributed by atoms with Gasteiger partial charge in [0.05, 0.1) is 0 Å². The number of aryl methyl sites for hydroxylation is 1. The quantitative estimate of drug-likeness (QED) is 0.909. The van der Waals surface area contributed by atoms with Crippen LogP contribution in [0.5, 0.6) is 0 Å². The van der Waals surface area contributed by atoms with E-state index in [9.17, 15) is 0 Å². The molecule has 0 bridgehead atoms. The SMILES string of the molecule is CCCc1nc(N)c(C)c(N2CCSCC2C)n1. The first-order chi connectivity index (χ1) is 8.63. The second-order valence-electron chi connectivity index (χ2n) is 4.84. The molecule has 18 heavy (non-hydrogen) atoms. The smallest absolute Gasteiger partial charge is 0.137 e. The van der Waals surface area contributed by atoms with Gasteiger partial charge in [0.1, 0.15) is 17.5 Å². The first-order valence-electron chi connectivity index (χ1n) is 6.60. The van der Waals surface area contributed by atoms with Crippen LogP contribution in [0.25, 0.3) is 0 Å².